The molecule has 2 aliphatic rings. The van der Waals surface area contributed by atoms with Crippen LogP contribution < -0.4 is 4.74 Å². The van der Waals surface area contributed by atoms with Crippen LogP contribution in [0.15, 0.2) is 24.3 Å². The van der Waals surface area contributed by atoms with Crippen LogP contribution in [-0.2, 0) is 9.59 Å². The Hall–Kier alpha value is -1.64. The van der Waals surface area contributed by atoms with E-state index in [0.717, 1.165) is 57.1 Å². The van der Waals surface area contributed by atoms with E-state index in [1.54, 1.807) is 0 Å². The number of benzene rings is 1. The molecule has 154 valence electrons. The summed E-state index contributed by atoms with van der Waals surface area (Å²) in [6, 6.07) is 8.51. The van der Waals surface area contributed by atoms with Gasteiger partial charge in [-0.2, -0.15) is 0 Å². The molecule has 0 bridgehead atoms. The van der Waals surface area contributed by atoms with Gasteiger partial charge in [-0.25, -0.2) is 0 Å². The molecule has 0 saturated heterocycles. The van der Waals surface area contributed by atoms with Crippen LogP contribution in [0.3, 0.4) is 0 Å². The quantitative estimate of drug-likeness (QED) is 0.508. The highest BCUT2D eigenvalue weighted by atomic mass is 16.5. The molecule has 0 N–H and O–H groups in total. The molecule has 1 aromatic rings. The average molecular weight is 385 g/mol. The highest BCUT2D eigenvalue weighted by molar-refractivity contribution is 6.02. The van der Waals surface area contributed by atoms with E-state index >= 15 is 0 Å². The van der Waals surface area contributed by atoms with Gasteiger partial charge in [0.25, 0.3) is 0 Å². The first kappa shape index (κ1) is 21.1. The molecular formula is C25H36O3. The smallest absolute Gasteiger partial charge is 0.143 e. The topological polar surface area (TPSA) is 43.4 Å². The summed E-state index contributed by atoms with van der Waals surface area (Å²) in [5.74, 6) is 2.66. The van der Waals surface area contributed by atoms with Crippen LogP contribution in [0.25, 0.3) is 0 Å². The standard InChI is InChI=1S/C25H36O3/c1-3-5-18-8-15-23(24(26)16-18)25(27)17-19-6-9-20(10-7-19)21-11-13-22(14-12-21)28-4-2/h11-14,18-20,23H,3-10,15-17H2,1-2H3/t18?,19-,20-,23?. The molecule has 2 fully saturated rings. The molecular weight excluding hydrogens is 348 g/mol. The Balaban J connectivity index is 1.45. The molecule has 28 heavy (non-hydrogen) atoms. The van der Waals surface area contributed by atoms with Crippen LogP contribution >= 0.6 is 0 Å². The highest BCUT2D eigenvalue weighted by Gasteiger charge is 2.34. The Morgan fingerprint density at radius 3 is 2.25 bits per heavy atom. The molecule has 2 saturated carbocycles. The van der Waals surface area contributed by atoms with E-state index < -0.39 is 0 Å². The number of ether oxygens (including phenoxy) is 1. The molecule has 0 spiro atoms. The predicted octanol–water partition coefficient (Wildman–Crippen LogP) is 6.10. The van der Waals surface area contributed by atoms with Gasteiger partial charge in [0.1, 0.15) is 17.3 Å². The molecule has 0 heterocycles. The summed E-state index contributed by atoms with van der Waals surface area (Å²) in [6.07, 6.45) is 9.85. The Bertz CT molecular complexity index is 640. The number of hydrogen-bond acceptors (Lipinski definition) is 3. The summed E-state index contributed by atoms with van der Waals surface area (Å²) < 4.78 is 5.53. The summed E-state index contributed by atoms with van der Waals surface area (Å²) >= 11 is 0. The van der Waals surface area contributed by atoms with Crippen LogP contribution in [-0.4, -0.2) is 18.2 Å². The van der Waals surface area contributed by atoms with Crippen LogP contribution in [0.5, 0.6) is 5.75 Å². The Morgan fingerprint density at radius 1 is 0.964 bits per heavy atom. The molecule has 1 aromatic carbocycles. The maximum absolute atomic E-state index is 12.8. The van der Waals surface area contributed by atoms with Crippen molar-refractivity contribution in [1.82, 2.24) is 0 Å². The van der Waals surface area contributed by atoms with Crippen molar-refractivity contribution < 1.29 is 14.3 Å². The molecule has 0 radical (unpaired) electrons. The van der Waals surface area contributed by atoms with Crippen molar-refractivity contribution >= 4 is 11.6 Å². The lowest BCUT2D eigenvalue weighted by atomic mass is 9.73. The summed E-state index contributed by atoms with van der Waals surface area (Å²) in [6.45, 7) is 4.87. The molecule has 2 atom stereocenters. The monoisotopic (exact) mass is 384 g/mol. The summed E-state index contributed by atoms with van der Waals surface area (Å²) in [5, 5.41) is 0. The maximum Gasteiger partial charge on any atom is 0.143 e. The van der Waals surface area contributed by atoms with Gasteiger partial charge in [0.15, 0.2) is 0 Å². The number of ketones is 2. The lowest BCUT2D eigenvalue weighted by Gasteiger charge is -2.31. The molecule has 3 rings (SSSR count). The lowest BCUT2D eigenvalue weighted by Crippen LogP contribution is -2.32. The first-order valence-electron chi connectivity index (χ1n) is 11.4. The summed E-state index contributed by atoms with van der Waals surface area (Å²) in [7, 11) is 0. The Morgan fingerprint density at radius 2 is 1.64 bits per heavy atom. The Kier molecular flexibility index (Phi) is 7.70. The molecule has 2 unspecified atom stereocenters. The van der Waals surface area contributed by atoms with Crippen LogP contribution in [0.1, 0.15) is 89.5 Å². The van der Waals surface area contributed by atoms with Gasteiger partial charge >= 0.3 is 0 Å². The minimum atomic E-state index is -0.295. The molecule has 3 nitrogen and oxygen atoms in total. The van der Waals surface area contributed by atoms with Gasteiger partial charge in [0.2, 0.25) is 0 Å². The molecule has 2 aliphatic carbocycles. The fourth-order valence-electron chi connectivity index (χ4n) is 5.22. The fraction of sp³-hybridized carbons (Fsp3) is 0.680. The van der Waals surface area contributed by atoms with Gasteiger partial charge in [-0.1, -0.05) is 31.9 Å². The van der Waals surface area contributed by atoms with E-state index in [1.165, 1.54) is 5.56 Å². The highest BCUT2D eigenvalue weighted by Crippen LogP contribution is 2.39. The van der Waals surface area contributed by atoms with Crippen LogP contribution in [0.4, 0.5) is 0 Å². The van der Waals surface area contributed by atoms with E-state index in [0.29, 0.717) is 37.2 Å². The van der Waals surface area contributed by atoms with Crippen molar-refractivity contribution in [2.45, 2.75) is 84.0 Å². The van der Waals surface area contributed by atoms with Crippen molar-refractivity contribution in [3.63, 3.8) is 0 Å². The fourth-order valence-corrected chi connectivity index (χ4v) is 5.22. The average Bonchev–Trinajstić information content (AvgIpc) is 2.70. The SMILES string of the molecule is CCCC1CCC(C(=O)C[C@H]2CC[C@H](c3ccc(OCC)cc3)CC2)C(=O)C1. The van der Waals surface area contributed by atoms with Gasteiger partial charge < -0.3 is 4.74 Å². The van der Waals surface area contributed by atoms with Crippen LogP contribution in [0.2, 0.25) is 0 Å². The zero-order chi connectivity index (χ0) is 19.9. The van der Waals surface area contributed by atoms with Gasteiger partial charge in [0.05, 0.1) is 12.5 Å². The van der Waals surface area contributed by atoms with E-state index in [2.05, 4.69) is 31.2 Å². The van der Waals surface area contributed by atoms with Gasteiger partial charge in [0, 0.05) is 12.8 Å². The largest absolute Gasteiger partial charge is 0.494 e. The van der Waals surface area contributed by atoms with Gasteiger partial charge in [-0.15, -0.1) is 0 Å². The van der Waals surface area contributed by atoms with E-state index in [1.807, 2.05) is 6.92 Å². The Labute approximate surface area is 170 Å². The minimum absolute atomic E-state index is 0.220. The third kappa shape index (κ3) is 5.46. The lowest BCUT2D eigenvalue weighted by molar-refractivity contribution is -0.136. The van der Waals surface area contributed by atoms with Crippen molar-refractivity contribution in [1.29, 1.82) is 0 Å². The molecule has 0 aromatic heterocycles. The molecule has 3 heteroatoms. The molecule has 0 aliphatic heterocycles. The van der Waals surface area contributed by atoms with Crippen molar-refractivity contribution in [2.24, 2.45) is 17.8 Å². The minimum Gasteiger partial charge on any atom is -0.494 e. The van der Waals surface area contributed by atoms with Crippen molar-refractivity contribution in [3.05, 3.63) is 29.8 Å². The van der Waals surface area contributed by atoms with Crippen molar-refractivity contribution in [2.75, 3.05) is 6.61 Å². The van der Waals surface area contributed by atoms with Crippen LogP contribution in [0, 0.1) is 17.8 Å². The maximum atomic E-state index is 12.8. The second-order valence-corrected chi connectivity index (χ2v) is 8.85. The zero-order valence-electron chi connectivity index (χ0n) is 17.6. The van der Waals surface area contributed by atoms with E-state index in [9.17, 15) is 9.59 Å². The zero-order valence-corrected chi connectivity index (χ0v) is 17.6. The number of rotatable bonds is 8. The number of Topliss-reactive ketones (excluding diaryl/α,β-unsaturated/α-hetero) is 2. The summed E-state index contributed by atoms with van der Waals surface area (Å²) in [5.41, 5.74) is 1.39. The normalized spacial score (nSPS) is 28.1. The predicted molar refractivity (Wildman–Crippen MR) is 113 cm³/mol. The molecule has 0 amide bonds. The second kappa shape index (κ2) is 10.2. The third-order valence-corrected chi connectivity index (χ3v) is 6.83. The van der Waals surface area contributed by atoms with E-state index in [4.69, 9.17) is 4.74 Å². The second-order valence-electron chi connectivity index (χ2n) is 8.85. The number of hydrogen-bond donors (Lipinski definition) is 0. The summed E-state index contributed by atoms with van der Waals surface area (Å²) in [4.78, 5) is 25.2. The van der Waals surface area contributed by atoms with Gasteiger partial charge in [-0.05, 0) is 80.9 Å². The van der Waals surface area contributed by atoms with Crippen molar-refractivity contribution in [3.8, 4) is 5.75 Å². The third-order valence-electron chi connectivity index (χ3n) is 6.83. The van der Waals surface area contributed by atoms with Gasteiger partial charge in [-0.3, -0.25) is 9.59 Å². The first-order chi connectivity index (χ1) is 13.6. The first-order valence-corrected chi connectivity index (χ1v) is 11.4. The number of carbonyl (C=O) groups excluding carboxylic acids is 2. The number of carbonyl (C=O) groups is 2. The van der Waals surface area contributed by atoms with E-state index in [-0.39, 0.29) is 17.5 Å².